The van der Waals surface area contributed by atoms with Gasteiger partial charge < -0.3 is 4.90 Å². The van der Waals surface area contributed by atoms with E-state index >= 15 is 0 Å². The van der Waals surface area contributed by atoms with Gasteiger partial charge in [-0.25, -0.2) is 0 Å². The van der Waals surface area contributed by atoms with Gasteiger partial charge in [0.15, 0.2) is 0 Å². The molecule has 0 spiro atoms. The lowest BCUT2D eigenvalue weighted by atomic mass is 10.2. The Bertz CT molecular complexity index is 121. The lowest BCUT2D eigenvalue weighted by Gasteiger charge is -2.22. The monoisotopic (exact) mass is 156 g/mol. The predicted octanol–water partition coefficient (Wildman–Crippen LogP) is 1.72. The highest BCUT2D eigenvalue weighted by atomic mass is 16.2. The average Bonchev–Trinajstić information content (AvgIpc) is 1.98. The lowest BCUT2D eigenvalue weighted by Crippen LogP contribution is -2.33. The number of rotatable bonds is 4. The van der Waals surface area contributed by atoms with Crippen molar-refractivity contribution < 1.29 is 4.79 Å². The minimum atomic E-state index is 0.154. The van der Waals surface area contributed by atoms with Crippen molar-refractivity contribution in [2.75, 3.05) is 13.1 Å². The maximum Gasteiger partial charge on any atom is 0.222 e. The van der Waals surface area contributed by atoms with Gasteiger partial charge in [0.2, 0.25) is 5.91 Å². The van der Waals surface area contributed by atoms with Crippen LogP contribution in [0.5, 0.6) is 0 Å². The molecule has 0 atom stereocenters. The third-order valence-corrected chi connectivity index (χ3v) is 1.53. The molecule has 65 valence electrons. The molecule has 0 bridgehead atoms. The first-order valence-corrected chi connectivity index (χ1v) is 4.18. The predicted molar refractivity (Wildman–Crippen MR) is 47.1 cm³/mol. The molecule has 0 fully saturated rings. The van der Waals surface area contributed by atoms with Crippen LogP contribution in [0.3, 0.4) is 0 Å². The molecule has 0 aliphatic rings. The largest absolute Gasteiger partial charge is 0.343 e. The second kappa shape index (κ2) is 5.16. The van der Waals surface area contributed by atoms with Crippen molar-refractivity contribution >= 4 is 5.91 Å². The van der Waals surface area contributed by atoms with Crippen molar-refractivity contribution in [3.63, 3.8) is 0 Å². The van der Waals surface area contributed by atoms with E-state index in [1.54, 1.807) is 0 Å². The first-order valence-electron chi connectivity index (χ1n) is 4.18. The Hall–Kier alpha value is -0.530. The van der Waals surface area contributed by atoms with Gasteiger partial charge in [0.05, 0.1) is 0 Å². The first-order chi connectivity index (χ1) is 5.11. The highest BCUT2D eigenvalue weighted by Crippen LogP contribution is 2.00. The summed E-state index contributed by atoms with van der Waals surface area (Å²) in [5.41, 5.74) is 0. The molecule has 0 unspecified atom stereocenters. The van der Waals surface area contributed by atoms with Gasteiger partial charge in [-0.15, -0.1) is 0 Å². The third kappa shape index (κ3) is 4.02. The fourth-order valence-electron chi connectivity index (χ4n) is 1.01. The van der Waals surface area contributed by atoms with Gasteiger partial charge in [0.1, 0.15) is 0 Å². The molecule has 0 aromatic carbocycles. The summed E-state index contributed by atoms with van der Waals surface area (Å²) in [5, 5.41) is 0. The lowest BCUT2D eigenvalue weighted by molar-refractivity contribution is -0.130. The van der Waals surface area contributed by atoms with Crippen LogP contribution >= 0.6 is 0 Å². The van der Waals surface area contributed by atoms with Gasteiger partial charge in [0.25, 0.3) is 0 Å². The summed E-state index contributed by atoms with van der Waals surface area (Å²) in [4.78, 5) is 13.0. The van der Waals surface area contributed by atoms with E-state index in [9.17, 15) is 4.79 Å². The van der Waals surface area contributed by atoms with Crippen LogP contribution in [0.1, 0.15) is 27.2 Å². The third-order valence-electron chi connectivity index (χ3n) is 1.53. The maximum absolute atomic E-state index is 11.1. The summed E-state index contributed by atoms with van der Waals surface area (Å²) in [6.07, 6.45) is 0.376. The number of nitrogens with zero attached hydrogens (tertiary/aromatic N) is 1. The zero-order chi connectivity index (χ0) is 8.85. The molecule has 0 aromatic rings. The quantitative estimate of drug-likeness (QED) is 0.607. The van der Waals surface area contributed by atoms with Crippen molar-refractivity contribution in [3.05, 3.63) is 6.92 Å². The standard InChI is InChI=1S/C9H18NO/c1-5-9(11)10(6-2)7-8(3)4/h8H,1,5-7H2,2-4H3. The Morgan fingerprint density at radius 2 is 2.09 bits per heavy atom. The van der Waals surface area contributed by atoms with E-state index in [0.717, 1.165) is 13.1 Å². The Morgan fingerprint density at radius 1 is 1.55 bits per heavy atom. The number of hydrogen-bond acceptors (Lipinski definition) is 1. The number of hydrogen-bond donors (Lipinski definition) is 0. The molecular weight excluding hydrogens is 138 g/mol. The van der Waals surface area contributed by atoms with Crippen molar-refractivity contribution in [2.45, 2.75) is 27.2 Å². The Balaban J connectivity index is 3.84. The number of carbonyl (C=O) groups excluding carboxylic acids is 1. The van der Waals surface area contributed by atoms with E-state index in [2.05, 4.69) is 20.8 Å². The van der Waals surface area contributed by atoms with Gasteiger partial charge in [-0.3, -0.25) is 4.79 Å². The molecule has 0 aliphatic heterocycles. The van der Waals surface area contributed by atoms with Crippen molar-refractivity contribution in [1.82, 2.24) is 4.90 Å². The Labute approximate surface area is 69.6 Å². The summed E-state index contributed by atoms with van der Waals surface area (Å²) >= 11 is 0. The van der Waals surface area contributed by atoms with Crippen molar-refractivity contribution in [1.29, 1.82) is 0 Å². The van der Waals surface area contributed by atoms with E-state index in [1.165, 1.54) is 0 Å². The second-order valence-electron chi connectivity index (χ2n) is 3.08. The Morgan fingerprint density at radius 3 is 2.36 bits per heavy atom. The van der Waals surface area contributed by atoms with Crippen LogP contribution in [0.4, 0.5) is 0 Å². The molecule has 11 heavy (non-hydrogen) atoms. The maximum atomic E-state index is 11.1. The zero-order valence-electron chi connectivity index (χ0n) is 7.76. The van der Waals surface area contributed by atoms with E-state index in [0.29, 0.717) is 12.3 Å². The van der Waals surface area contributed by atoms with Crippen LogP contribution in [0.2, 0.25) is 0 Å². The topological polar surface area (TPSA) is 20.3 Å². The molecule has 1 radical (unpaired) electrons. The van der Waals surface area contributed by atoms with E-state index in [4.69, 9.17) is 0 Å². The summed E-state index contributed by atoms with van der Waals surface area (Å²) in [6.45, 7) is 11.4. The van der Waals surface area contributed by atoms with Gasteiger partial charge in [-0.2, -0.15) is 0 Å². The van der Waals surface area contributed by atoms with Gasteiger partial charge in [-0.05, 0) is 19.8 Å². The molecule has 0 N–H and O–H groups in total. The summed E-state index contributed by atoms with van der Waals surface area (Å²) in [6, 6.07) is 0. The molecule has 0 aliphatic carbocycles. The second-order valence-corrected chi connectivity index (χ2v) is 3.08. The first kappa shape index (κ1) is 10.5. The van der Waals surface area contributed by atoms with Gasteiger partial charge in [0, 0.05) is 19.5 Å². The summed E-state index contributed by atoms with van der Waals surface area (Å²) < 4.78 is 0. The fraction of sp³-hybridized carbons (Fsp3) is 0.778. The number of amides is 1. The summed E-state index contributed by atoms with van der Waals surface area (Å²) in [5.74, 6) is 0.701. The van der Waals surface area contributed by atoms with Crippen molar-refractivity contribution in [2.24, 2.45) is 5.92 Å². The van der Waals surface area contributed by atoms with Crippen LogP contribution < -0.4 is 0 Å². The van der Waals surface area contributed by atoms with E-state index in [-0.39, 0.29) is 5.91 Å². The number of carbonyl (C=O) groups is 1. The van der Waals surface area contributed by atoms with Crippen LogP contribution in [0.15, 0.2) is 0 Å². The summed E-state index contributed by atoms with van der Waals surface area (Å²) in [7, 11) is 0. The fourth-order valence-corrected chi connectivity index (χ4v) is 1.01. The van der Waals surface area contributed by atoms with Gasteiger partial charge in [-0.1, -0.05) is 13.8 Å². The van der Waals surface area contributed by atoms with Gasteiger partial charge >= 0.3 is 0 Å². The molecule has 2 nitrogen and oxygen atoms in total. The zero-order valence-corrected chi connectivity index (χ0v) is 7.76. The molecule has 0 saturated carbocycles. The van der Waals surface area contributed by atoms with Crippen molar-refractivity contribution in [3.8, 4) is 0 Å². The smallest absolute Gasteiger partial charge is 0.222 e. The van der Waals surface area contributed by atoms with Crippen LogP contribution in [0, 0.1) is 12.8 Å². The molecule has 0 aromatic heterocycles. The molecule has 1 amide bonds. The van der Waals surface area contributed by atoms with E-state index < -0.39 is 0 Å². The highest BCUT2D eigenvalue weighted by molar-refractivity contribution is 5.76. The molecule has 0 heterocycles. The molecule has 0 rings (SSSR count). The molecular formula is C9H18NO. The Kier molecular flexibility index (Phi) is 4.92. The normalized spacial score (nSPS) is 10.3. The van der Waals surface area contributed by atoms with Crippen LogP contribution in [0.25, 0.3) is 0 Å². The minimum absolute atomic E-state index is 0.154. The van der Waals surface area contributed by atoms with Crippen LogP contribution in [-0.2, 0) is 4.79 Å². The SMILES string of the molecule is [CH2]CC(=O)N(CC)CC(C)C. The highest BCUT2D eigenvalue weighted by Gasteiger charge is 2.09. The van der Waals surface area contributed by atoms with E-state index in [1.807, 2.05) is 11.8 Å². The molecule has 0 saturated heterocycles. The van der Waals surface area contributed by atoms with Crippen LogP contribution in [-0.4, -0.2) is 23.9 Å². The minimum Gasteiger partial charge on any atom is -0.343 e. The average molecular weight is 156 g/mol. The molecule has 2 heteroatoms.